The van der Waals surface area contributed by atoms with E-state index in [-0.39, 0.29) is 0 Å². The van der Waals surface area contributed by atoms with Gasteiger partial charge < -0.3 is 9.13 Å². The zero-order chi connectivity index (χ0) is 33.8. The topological polar surface area (TPSA) is 81.2 Å². The van der Waals surface area contributed by atoms with Crippen LogP contribution in [0.25, 0.3) is 72.4 Å². The van der Waals surface area contributed by atoms with E-state index < -0.39 is 0 Å². The molecule has 0 spiro atoms. The number of aromatic nitrogens is 2. The highest BCUT2D eigenvalue weighted by atomic mass is 15.0. The normalized spacial score (nSPS) is 12.3. The summed E-state index contributed by atoms with van der Waals surface area (Å²) < 4.78 is 4.55. The third kappa shape index (κ3) is 4.37. The molecule has 8 aromatic rings. The summed E-state index contributed by atoms with van der Waals surface area (Å²) in [5.74, 6) is 0. The van der Waals surface area contributed by atoms with Crippen molar-refractivity contribution in [1.29, 1.82) is 15.8 Å². The van der Waals surface area contributed by atoms with Crippen LogP contribution in [0.5, 0.6) is 0 Å². The third-order valence-electron chi connectivity index (χ3n) is 9.94. The second-order valence-electron chi connectivity index (χ2n) is 12.6. The Morgan fingerprint density at radius 1 is 0.500 bits per heavy atom. The second-order valence-corrected chi connectivity index (χ2v) is 12.6. The minimum absolute atomic E-state index is 0.602. The molecular formula is C45H27N5. The van der Waals surface area contributed by atoms with Gasteiger partial charge in [0.15, 0.2) is 0 Å². The molecule has 0 saturated carbocycles. The second kappa shape index (κ2) is 11.5. The van der Waals surface area contributed by atoms with Gasteiger partial charge in [-0.05, 0) is 73.0 Å². The smallest absolute Gasteiger partial charge is 0.100 e. The summed E-state index contributed by atoms with van der Waals surface area (Å²) in [5.41, 5.74) is 13.0. The minimum atomic E-state index is 0.602. The predicted octanol–water partition coefficient (Wildman–Crippen LogP) is 10.7. The molecule has 0 bridgehead atoms. The lowest BCUT2D eigenvalue weighted by molar-refractivity contribution is 0.871. The number of nitrogens with zero attached hydrogens (tertiary/aromatic N) is 5. The van der Waals surface area contributed by atoms with E-state index >= 15 is 0 Å². The lowest BCUT2D eigenvalue weighted by Crippen LogP contribution is -2.05. The number of hydrogen-bond acceptors (Lipinski definition) is 3. The number of allylic oxidation sites excluding steroid dienone is 1. The molecular weight excluding hydrogens is 611 g/mol. The Morgan fingerprint density at radius 3 is 2.02 bits per heavy atom. The van der Waals surface area contributed by atoms with E-state index in [1.807, 2.05) is 72.8 Å². The van der Waals surface area contributed by atoms with Crippen LogP contribution in [0, 0.1) is 34.0 Å². The van der Waals surface area contributed by atoms with Crippen molar-refractivity contribution in [2.24, 2.45) is 0 Å². The van der Waals surface area contributed by atoms with Gasteiger partial charge in [-0.3, -0.25) is 0 Å². The number of rotatable bonds is 4. The van der Waals surface area contributed by atoms with Crippen LogP contribution in [0.3, 0.4) is 0 Å². The molecule has 0 unspecified atom stereocenters. The molecule has 0 saturated heterocycles. The first-order chi connectivity index (χ1) is 24.7. The Balaban J connectivity index is 1.23. The zero-order valence-electron chi connectivity index (χ0n) is 26.9. The quantitative estimate of drug-likeness (QED) is 0.193. The Labute approximate surface area is 289 Å². The molecule has 9 rings (SSSR count). The number of benzene rings is 6. The van der Waals surface area contributed by atoms with Crippen LogP contribution in [-0.4, -0.2) is 9.13 Å². The van der Waals surface area contributed by atoms with Gasteiger partial charge in [-0.15, -0.1) is 0 Å². The number of hydrogen-bond donors (Lipinski definition) is 0. The standard InChI is InChI=1S/C45H27N5/c46-26-29-19-21-44-38(23-29)36-12-2-4-16-41(36)49(44)32-10-7-9-31(25-32)33-14-8-15-34(40(33)28-48)35-11-1-5-17-42(35)50-43-18-6-3-13-37(43)39-24-30(27-47)20-22-45(39)50/h1-18,20,22-25H,19,21H2. The van der Waals surface area contributed by atoms with Gasteiger partial charge in [0.05, 0.1) is 45.5 Å². The van der Waals surface area contributed by atoms with Crippen molar-refractivity contribution < 1.29 is 0 Å². The molecule has 0 radical (unpaired) electrons. The zero-order valence-corrected chi connectivity index (χ0v) is 26.9. The van der Waals surface area contributed by atoms with Gasteiger partial charge in [0, 0.05) is 55.4 Å². The molecule has 1 aliphatic carbocycles. The molecule has 1 aliphatic rings. The van der Waals surface area contributed by atoms with Crippen LogP contribution in [-0.2, 0) is 6.42 Å². The van der Waals surface area contributed by atoms with E-state index in [0.717, 1.165) is 83.9 Å². The van der Waals surface area contributed by atoms with Crippen LogP contribution in [0.15, 0.2) is 139 Å². The van der Waals surface area contributed by atoms with E-state index in [0.29, 0.717) is 17.5 Å². The van der Waals surface area contributed by atoms with Gasteiger partial charge in [0.25, 0.3) is 0 Å². The van der Waals surface area contributed by atoms with Gasteiger partial charge in [-0.25, -0.2) is 0 Å². The average molecular weight is 638 g/mol. The van der Waals surface area contributed by atoms with Crippen molar-refractivity contribution in [3.63, 3.8) is 0 Å². The first-order valence-corrected chi connectivity index (χ1v) is 16.6. The van der Waals surface area contributed by atoms with E-state index in [1.165, 1.54) is 5.69 Å². The number of para-hydroxylation sites is 3. The van der Waals surface area contributed by atoms with Crippen LogP contribution in [0.2, 0.25) is 0 Å². The number of fused-ring (bicyclic) bond motifs is 6. The number of nitriles is 3. The molecule has 5 heteroatoms. The molecule has 2 aromatic heterocycles. The van der Waals surface area contributed by atoms with E-state index in [9.17, 15) is 15.8 Å². The summed E-state index contributed by atoms with van der Waals surface area (Å²) in [4.78, 5) is 0. The van der Waals surface area contributed by atoms with Crippen molar-refractivity contribution in [3.8, 4) is 51.8 Å². The SMILES string of the molecule is N#CC1=Cc2c(n(-c3cccc(-c4cccc(-c5ccccc5-n5c6ccccc6c6cc(C#N)ccc65)c4C#N)c3)c3ccccc23)CC1. The largest absolute Gasteiger partial charge is 0.313 e. The van der Waals surface area contributed by atoms with Crippen molar-refractivity contribution in [2.75, 3.05) is 0 Å². The fraction of sp³-hybridized carbons (Fsp3) is 0.0444. The van der Waals surface area contributed by atoms with Crippen LogP contribution >= 0.6 is 0 Å². The van der Waals surface area contributed by atoms with Crippen molar-refractivity contribution >= 4 is 38.8 Å². The highest BCUT2D eigenvalue weighted by Gasteiger charge is 2.22. The molecule has 0 N–H and O–H groups in total. The highest BCUT2D eigenvalue weighted by Crippen LogP contribution is 2.41. The minimum Gasteiger partial charge on any atom is -0.313 e. The Bertz CT molecular complexity index is 2860. The fourth-order valence-electron chi connectivity index (χ4n) is 7.76. The van der Waals surface area contributed by atoms with Crippen LogP contribution in [0.4, 0.5) is 0 Å². The van der Waals surface area contributed by atoms with Crippen molar-refractivity contribution in [1.82, 2.24) is 9.13 Å². The fourth-order valence-corrected chi connectivity index (χ4v) is 7.76. The Hall–Kier alpha value is -7.13. The van der Waals surface area contributed by atoms with Crippen LogP contribution in [0.1, 0.15) is 28.8 Å². The van der Waals surface area contributed by atoms with Gasteiger partial charge in [0.2, 0.25) is 0 Å². The van der Waals surface area contributed by atoms with E-state index in [2.05, 4.69) is 94.1 Å². The van der Waals surface area contributed by atoms with Crippen LogP contribution < -0.4 is 0 Å². The molecule has 6 aromatic carbocycles. The maximum Gasteiger partial charge on any atom is 0.100 e. The van der Waals surface area contributed by atoms with Crippen molar-refractivity contribution in [3.05, 3.63) is 161 Å². The summed E-state index contributed by atoms with van der Waals surface area (Å²) >= 11 is 0. The molecule has 5 nitrogen and oxygen atoms in total. The first kappa shape index (κ1) is 29.0. The lowest BCUT2D eigenvalue weighted by Gasteiger charge is -2.18. The molecule has 0 atom stereocenters. The molecule has 0 amide bonds. The summed E-state index contributed by atoms with van der Waals surface area (Å²) in [6.45, 7) is 0. The van der Waals surface area contributed by atoms with E-state index in [4.69, 9.17) is 0 Å². The lowest BCUT2D eigenvalue weighted by atomic mass is 9.91. The third-order valence-corrected chi connectivity index (χ3v) is 9.94. The van der Waals surface area contributed by atoms with Gasteiger partial charge in [-0.2, -0.15) is 15.8 Å². The first-order valence-electron chi connectivity index (χ1n) is 16.6. The predicted molar refractivity (Wildman–Crippen MR) is 200 cm³/mol. The average Bonchev–Trinajstić information content (AvgIpc) is 3.69. The van der Waals surface area contributed by atoms with Crippen molar-refractivity contribution in [2.45, 2.75) is 12.8 Å². The summed E-state index contributed by atoms with van der Waals surface area (Å²) in [5, 5.41) is 33.3. The maximum atomic E-state index is 10.8. The molecule has 50 heavy (non-hydrogen) atoms. The maximum absolute atomic E-state index is 10.8. The van der Waals surface area contributed by atoms with Gasteiger partial charge in [0.1, 0.15) is 6.07 Å². The molecule has 2 heterocycles. The monoisotopic (exact) mass is 637 g/mol. The summed E-state index contributed by atoms with van der Waals surface area (Å²) in [6, 6.07) is 52.4. The summed E-state index contributed by atoms with van der Waals surface area (Å²) in [6.07, 6.45) is 3.53. The van der Waals surface area contributed by atoms with E-state index in [1.54, 1.807) is 0 Å². The summed E-state index contributed by atoms with van der Waals surface area (Å²) in [7, 11) is 0. The molecule has 0 fully saturated rings. The molecule has 232 valence electrons. The Morgan fingerprint density at radius 2 is 1.20 bits per heavy atom. The highest BCUT2D eigenvalue weighted by molar-refractivity contribution is 6.10. The van der Waals surface area contributed by atoms with Gasteiger partial charge >= 0.3 is 0 Å². The Kier molecular flexibility index (Phi) is 6.70. The van der Waals surface area contributed by atoms with Gasteiger partial charge in [-0.1, -0.05) is 84.9 Å². The molecule has 0 aliphatic heterocycles.